The highest BCUT2D eigenvalue weighted by Gasteiger charge is 2.43. The number of hydrogen-bond donors (Lipinski definition) is 4. The number of piperidine rings is 1. The number of imide groups is 1. The van der Waals surface area contributed by atoms with E-state index in [0.29, 0.717) is 22.8 Å². The van der Waals surface area contributed by atoms with Crippen LogP contribution in [0.3, 0.4) is 0 Å². The summed E-state index contributed by atoms with van der Waals surface area (Å²) in [5.74, 6) is 0.211. The summed E-state index contributed by atoms with van der Waals surface area (Å²) in [6, 6.07) is 31.9. The van der Waals surface area contributed by atoms with Crippen LogP contribution in [0.1, 0.15) is 86.1 Å². The summed E-state index contributed by atoms with van der Waals surface area (Å²) >= 11 is 0. The van der Waals surface area contributed by atoms with Crippen LogP contribution in [-0.4, -0.2) is 55.7 Å². The van der Waals surface area contributed by atoms with E-state index >= 15 is 0 Å². The largest absolute Gasteiger partial charge is 0.508 e. The second-order valence-corrected chi connectivity index (χ2v) is 13.8. The van der Waals surface area contributed by atoms with Crippen molar-refractivity contribution in [2.24, 2.45) is 0 Å². The van der Waals surface area contributed by atoms with Crippen molar-refractivity contribution >= 4 is 17.5 Å². The number of carbonyl (C=O) groups excluding carboxylic acids is 2. The summed E-state index contributed by atoms with van der Waals surface area (Å²) in [4.78, 5) is 28.0. The lowest BCUT2D eigenvalue weighted by Crippen LogP contribution is -2.55. The topological polar surface area (TPSA) is 93.7 Å². The molecule has 3 atom stereocenters. The Morgan fingerprint density at radius 3 is 2.47 bits per heavy atom. The zero-order valence-corrected chi connectivity index (χ0v) is 26.7. The Bertz CT molecular complexity index is 1820. The number of nitrogens with zero attached hydrogens (tertiary/aromatic N) is 1. The van der Waals surface area contributed by atoms with Crippen LogP contribution in [0.15, 0.2) is 91.0 Å². The summed E-state index contributed by atoms with van der Waals surface area (Å²) in [5, 5.41) is 20.3. The van der Waals surface area contributed by atoms with Gasteiger partial charge >= 0.3 is 0 Å². The molecular weight excluding hydrogens is 584 g/mol. The molecule has 1 aliphatic carbocycles. The molecule has 3 heterocycles. The van der Waals surface area contributed by atoms with E-state index in [1.54, 1.807) is 6.07 Å². The number of aromatic hydroxyl groups is 1. The standard InChI is InChI=1S/C40H42N4O3/c45-29-14-16-31-27(23-29)13-15-30(26-7-2-1-3-8-26)36(31)32-9-4-5-11-34(32)40(17-19-41-20-18-40)24-28-25-42-21-22-44(28)35-12-6-10-33-37(35)39(47)43-38(33)46/h1-12,14,16,23,28,30,36,41-42,45H,13,15,17-22,24-25H2,(H,43,46,47)/t28?,30-,36-/m1/s1. The smallest absolute Gasteiger partial charge is 0.261 e. The maximum Gasteiger partial charge on any atom is 0.261 e. The Morgan fingerprint density at radius 1 is 0.809 bits per heavy atom. The normalized spacial score (nSPS) is 23.6. The maximum atomic E-state index is 13.0. The Morgan fingerprint density at radius 2 is 1.62 bits per heavy atom. The van der Waals surface area contributed by atoms with Crippen LogP contribution in [0.25, 0.3) is 0 Å². The van der Waals surface area contributed by atoms with Crippen molar-refractivity contribution in [3.63, 3.8) is 0 Å². The number of anilines is 1. The minimum atomic E-state index is -0.309. The van der Waals surface area contributed by atoms with Crippen molar-refractivity contribution in [2.75, 3.05) is 37.6 Å². The average Bonchev–Trinajstić information content (AvgIpc) is 3.41. The molecule has 0 aromatic heterocycles. The molecule has 4 aromatic rings. The predicted octanol–water partition coefficient (Wildman–Crippen LogP) is 5.63. The predicted molar refractivity (Wildman–Crippen MR) is 185 cm³/mol. The number of amides is 2. The summed E-state index contributed by atoms with van der Waals surface area (Å²) in [7, 11) is 0. The van der Waals surface area contributed by atoms with Gasteiger partial charge in [-0.05, 0) is 103 Å². The molecule has 4 N–H and O–H groups in total. The lowest BCUT2D eigenvalue weighted by Gasteiger charge is -2.48. The Kier molecular flexibility index (Phi) is 7.82. The van der Waals surface area contributed by atoms with Gasteiger partial charge in [-0.3, -0.25) is 14.9 Å². The lowest BCUT2D eigenvalue weighted by atomic mass is 9.62. The third kappa shape index (κ3) is 5.31. The zero-order chi connectivity index (χ0) is 32.0. The van der Waals surface area contributed by atoms with Gasteiger partial charge in [-0.1, -0.05) is 66.7 Å². The SMILES string of the molecule is O=C1NC(=O)c2c1cccc2N1CCNCC1CC1(c2ccccc2[C@H]2c3ccc(O)cc3CC[C@@H]2c2ccccc2)CCNCC1. The van der Waals surface area contributed by atoms with Crippen molar-refractivity contribution in [1.29, 1.82) is 0 Å². The summed E-state index contributed by atoms with van der Waals surface area (Å²) in [6.45, 7) is 4.31. The van der Waals surface area contributed by atoms with E-state index in [9.17, 15) is 14.7 Å². The highest BCUT2D eigenvalue weighted by atomic mass is 16.3. The van der Waals surface area contributed by atoms with Gasteiger partial charge in [0.2, 0.25) is 0 Å². The number of piperazine rings is 1. The minimum absolute atomic E-state index is 0.0877. The average molecular weight is 627 g/mol. The summed E-state index contributed by atoms with van der Waals surface area (Å²) in [6.07, 6.45) is 4.94. The number of fused-ring (bicyclic) bond motifs is 2. The molecule has 47 heavy (non-hydrogen) atoms. The summed E-state index contributed by atoms with van der Waals surface area (Å²) < 4.78 is 0. The monoisotopic (exact) mass is 626 g/mol. The fourth-order valence-corrected chi connectivity index (χ4v) is 9.14. The molecule has 0 radical (unpaired) electrons. The van der Waals surface area contributed by atoms with Crippen molar-refractivity contribution in [2.45, 2.75) is 55.4 Å². The number of carbonyl (C=O) groups is 2. The number of phenols is 1. The number of rotatable bonds is 6. The first kappa shape index (κ1) is 29.9. The van der Waals surface area contributed by atoms with Gasteiger partial charge in [0, 0.05) is 37.0 Å². The van der Waals surface area contributed by atoms with Crippen LogP contribution in [0.4, 0.5) is 5.69 Å². The van der Waals surface area contributed by atoms with Crippen LogP contribution in [0, 0.1) is 0 Å². The van der Waals surface area contributed by atoms with E-state index in [2.05, 4.69) is 81.5 Å². The molecule has 0 bridgehead atoms. The van der Waals surface area contributed by atoms with Crippen molar-refractivity contribution in [3.8, 4) is 5.75 Å². The second kappa shape index (κ2) is 12.3. The Balaban J connectivity index is 1.24. The zero-order valence-electron chi connectivity index (χ0n) is 26.7. The first-order valence-electron chi connectivity index (χ1n) is 17.2. The van der Waals surface area contributed by atoms with Gasteiger partial charge in [0.05, 0.1) is 16.8 Å². The quantitative estimate of drug-likeness (QED) is 0.208. The molecular formula is C40H42N4O3. The third-order valence-corrected chi connectivity index (χ3v) is 11.3. The van der Waals surface area contributed by atoms with E-state index in [1.807, 2.05) is 24.3 Å². The van der Waals surface area contributed by atoms with Crippen LogP contribution in [0.2, 0.25) is 0 Å². The first-order chi connectivity index (χ1) is 23.0. The van der Waals surface area contributed by atoms with Crippen LogP contribution in [0.5, 0.6) is 5.75 Å². The molecule has 8 rings (SSSR count). The second-order valence-electron chi connectivity index (χ2n) is 13.8. The van der Waals surface area contributed by atoms with Gasteiger partial charge in [0.15, 0.2) is 0 Å². The molecule has 0 saturated carbocycles. The highest BCUT2D eigenvalue weighted by Crippen LogP contribution is 2.51. The molecule has 7 heteroatoms. The first-order valence-corrected chi connectivity index (χ1v) is 17.2. The molecule has 4 aliphatic rings. The van der Waals surface area contributed by atoms with E-state index in [0.717, 1.165) is 70.5 Å². The van der Waals surface area contributed by atoms with Gasteiger partial charge in [0.1, 0.15) is 5.75 Å². The van der Waals surface area contributed by atoms with Gasteiger partial charge in [-0.2, -0.15) is 0 Å². The van der Waals surface area contributed by atoms with E-state index < -0.39 is 0 Å². The highest BCUT2D eigenvalue weighted by molar-refractivity contribution is 6.23. The molecule has 7 nitrogen and oxygen atoms in total. The Labute approximate surface area is 276 Å². The summed E-state index contributed by atoms with van der Waals surface area (Å²) in [5.41, 5.74) is 8.48. The molecule has 240 valence electrons. The number of nitrogens with one attached hydrogen (secondary N) is 3. The van der Waals surface area contributed by atoms with Crippen molar-refractivity contribution in [1.82, 2.24) is 16.0 Å². The molecule has 4 aromatic carbocycles. The van der Waals surface area contributed by atoms with Gasteiger partial charge in [-0.15, -0.1) is 0 Å². The van der Waals surface area contributed by atoms with Gasteiger partial charge < -0.3 is 20.6 Å². The number of aryl methyl sites for hydroxylation is 1. The minimum Gasteiger partial charge on any atom is -0.508 e. The number of hydrogen-bond acceptors (Lipinski definition) is 6. The fourth-order valence-electron chi connectivity index (χ4n) is 9.14. The Hall–Kier alpha value is -4.46. The maximum absolute atomic E-state index is 13.0. The molecule has 0 spiro atoms. The van der Waals surface area contributed by atoms with Crippen molar-refractivity contribution in [3.05, 3.63) is 130 Å². The van der Waals surface area contributed by atoms with E-state index in [4.69, 9.17) is 0 Å². The molecule has 2 saturated heterocycles. The van der Waals surface area contributed by atoms with Gasteiger partial charge in [0.25, 0.3) is 11.8 Å². The lowest BCUT2D eigenvalue weighted by molar-refractivity contribution is 0.0879. The molecule has 2 amide bonds. The van der Waals surface area contributed by atoms with Crippen molar-refractivity contribution < 1.29 is 14.7 Å². The van der Waals surface area contributed by atoms with Crippen LogP contribution < -0.4 is 20.9 Å². The van der Waals surface area contributed by atoms with Crippen LogP contribution >= 0.6 is 0 Å². The molecule has 1 unspecified atom stereocenters. The molecule has 2 fully saturated rings. The molecule has 3 aliphatic heterocycles. The number of phenolic OH excluding ortho intramolecular Hbond substituents is 1. The number of benzene rings is 4. The fraction of sp³-hybridized carbons (Fsp3) is 0.350. The van der Waals surface area contributed by atoms with Gasteiger partial charge in [-0.25, -0.2) is 0 Å². The third-order valence-electron chi connectivity index (χ3n) is 11.3. The van der Waals surface area contributed by atoms with E-state index in [1.165, 1.54) is 27.8 Å². The van der Waals surface area contributed by atoms with Crippen LogP contribution in [-0.2, 0) is 11.8 Å². The van der Waals surface area contributed by atoms with E-state index in [-0.39, 0.29) is 29.2 Å².